The lowest BCUT2D eigenvalue weighted by Crippen LogP contribution is -2.01. The molecule has 0 fully saturated rings. The summed E-state index contributed by atoms with van der Waals surface area (Å²) < 4.78 is 4.06. The van der Waals surface area contributed by atoms with Crippen LogP contribution >= 0.6 is 11.8 Å². The fourth-order valence-electron chi connectivity index (χ4n) is 2.63. The largest absolute Gasteiger partial charge is 0.272 e. The van der Waals surface area contributed by atoms with Crippen LogP contribution in [-0.2, 0) is 6.54 Å². The number of rotatable bonds is 4. The van der Waals surface area contributed by atoms with Crippen LogP contribution in [0.1, 0.15) is 5.56 Å². The second kappa shape index (κ2) is 5.46. The Hall–Kier alpha value is -2.34. The number of thioether (sulfide) groups is 1. The number of hydrogen-bond acceptors (Lipinski definition) is 4. The van der Waals surface area contributed by atoms with E-state index in [-0.39, 0.29) is 0 Å². The van der Waals surface area contributed by atoms with Crippen molar-refractivity contribution < 1.29 is 0 Å². The normalized spacial score (nSPS) is 11.5. The van der Waals surface area contributed by atoms with Gasteiger partial charge >= 0.3 is 0 Å². The molecule has 0 unspecified atom stereocenters. The molecule has 6 heteroatoms. The van der Waals surface area contributed by atoms with Gasteiger partial charge in [0.1, 0.15) is 0 Å². The molecule has 0 aliphatic carbocycles. The highest BCUT2D eigenvalue weighted by molar-refractivity contribution is 7.99. The first-order valence-corrected chi connectivity index (χ1v) is 8.15. The van der Waals surface area contributed by atoms with Crippen molar-refractivity contribution in [2.75, 3.05) is 5.75 Å². The minimum atomic E-state index is 0.858. The molecule has 3 aromatic heterocycles. The molecule has 0 aliphatic rings. The maximum absolute atomic E-state index is 4.35. The van der Waals surface area contributed by atoms with E-state index in [1.54, 1.807) is 18.0 Å². The molecule has 5 nitrogen and oxygen atoms in total. The van der Waals surface area contributed by atoms with Crippen molar-refractivity contribution in [3.05, 3.63) is 54.4 Å². The van der Waals surface area contributed by atoms with Crippen LogP contribution in [0.25, 0.3) is 16.6 Å². The zero-order valence-electron chi connectivity index (χ0n) is 12.2. The van der Waals surface area contributed by atoms with Gasteiger partial charge in [0.05, 0.1) is 12.1 Å². The van der Waals surface area contributed by atoms with E-state index in [2.05, 4.69) is 57.0 Å². The van der Waals surface area contributed by atoms with Gasteiger partial charge in [-0.05, 0) is 30.7 Å². The van der Waals surface area contributed by atoms with Crippen LogP contribution in [-0.4, -0.2) is 30.1 Å². The van der Waals surface area contributed by atoms with E-state index in [1.807, 2.05) is 16.9 Å². The summed E-state index contributed by atoms with van der Waals surface area (Å²) in [5.74, 6) is 0.907. The van der Waals surface area contributed by atoms with Gasteiger partial charge in [-0.25, -0.2) is 0 Å². The van der Waals surface area contributed by atoms with Crippen LogP contribution in [0.5, 0.6) is 0 Å². The van der Waals surface area contributed by atoms with Crippen molar-refractivity contribution in [2.24, 2.45) is 0 Å². The molecule has 3 heterocycles. The maximum atomic E-state index is 4.35. The van der Waals surface area contributed by atoms with Gasteiger partial charge in [-0.1, -0.05) is 30.0 Å². The summed E-state index contributed by atoms with van der Waals surface area (Å²) in [6.45, 7) is 2.97. The predicted molar refractivity (Wildman–Crippen MR) is 88.2 cm³/mol. The van der Waals surface area contributed by atoms with Gasteiger partial charge in [-0.15, -0.1) is 10.2 Å². The fourth-order valence-corrected chi connectivity index (χ4v) is 3.51. The summed E-state index contributed by atoms with van der Waals surface area (Å²) in [6.07, 6.45) is 3.77. The smallest absolute Gasteiger partial charge is 0.196 e. The monoisotopic (exact) mass is 309 g/mol. The third-order valence-electron chi connectivity index (χ3n) is 3.68. The molecule has 0 atom stereocenters. The molecule has 1 aromatic carbocycles. The number of para-hydroxylation sites is 1. The number of nitrogens with zero attached hydrogens (tertiary/aromatic N) is 5. The third-order valence-corrected chi connectivity index (χ3v) is 4.59. The molecule has 4 rings (SSSR count). The van der Waals surface area contributed by atoms with Gasteiger partial charge in [-0.3, -0.25) is 9.08 Å². The molecule has 110 valence electrons. The van der Waals surface area contributed by atoms with Crippen LogP contribution in [0.15, 0.2) is 53.9 Å². The minimum Gasteiger partial charge on any atom is -0.272 e. The number of hydrogen-bond donors (Lipinski definition) is 0. The molecule has 0 saturated heterocycles. The second-order valence-corrected chi connectivity index (χ2v) is 6.20. The molecular formula is C16H15N5S. The van der Waals surface area contributed by atoms with Crippen LogP contribution in [0.4, 0.5) is 0 Å². The van der Waals surface area contributed by atoms with Crippen LogP contribution in [0, 0.1) is 6.92 Å². The molecule has 0 spiro atoms. The number of fused-ring (bicyclic) bond motifs is 3. The quantitative estimate of drug-likeness (QED) is 0.543. The first-order chi connectivity index (χ1) is 10.8. The van der Waals surface area contributed by atoms with Gasteiger partial charge in [0.25, 0.3) is 0 Å². The second-order valence-electron chi connectivity index (χ2n) is 5.14. The van der Waals surface area contributed by atoms with Crippen LogP contribution in [0.2, 0.25) is 0 Å². The Labute approximate surface area is 132 Å². The van der Waals surface area contributed by atoms with E-state index in [0.717, 1.165) is 28.6 Å². The summed E-state index contributed by atoms with van der Waals surface area (Å²) >= 11 is 1.70. The van der Waals surface area contributed by atoms with Crippen LogP contribution in [0.3, 0.4) is 0 Å². The van der Waals surface area contributed by atoms with Gasteiger partial charge in [0.15, 0.2) is 10.8 Å². The molecule has 4 aromatic rings. The van der Waals surface area contributed by atoms with E-state index < -0.39 is 0 Å². The topological polar surface area (TPSA) is 48.0 Å². The van der Waals surface area contributed by atoms with E-state index in [9.17, 15) is 0 Å². The number of pyridine rings is 1. The van der Waals surface area contributed by atoms with E-state index in [4.69, 9.17) is 0 Å². The molecular weight excluding hydrogens is 294 g/mol. The van der Waals surface area contributed by atoms with Gasteiger partial charge in [-0.2, -0.15) is 5.10 Å². The zero-order valence-corrected chi connectivity index (χ0v) is 13.0. The van der Waals surface area contributed by atoms with E-state index in [0.29, 0.717) is 0 Å². The standard InChI is InChI=1S/C16H15N5S/c1-12-11-15-18-19-16(22-10-9-20-8-4-7-17-20)21(15)14-6-3-2-5-13(12)14/h2-8,11H,9-10H2,1H3. The average Bonchev–Trinajstić information content (AvgIpc) is 3.18. The minimum absolute atomic E-state index is 0.858. The van der Waals surface area contributed by atoms with Crippen LogP contribution < -0.4 is 0 Å². The Balaban J connectivity index is 1.70. The van der Waals surface area contributed by atoms with E-state index in [1.165, 1.54) is 10.9 Å². The predicted octanol–water partition coefficient (Wildman–Crippen LogP) is 3.18. The lowest BCUT2D eigenvalue weighted by molar-refractivity contribution is 0.665. The van der Waals surface area contributed by atoms with Gasteiger partial charge in [0.2, 0.25) is 0 Å². The number of aromatic nitrogens is 5. The summed E-state index contributed by atoms with van der Waals surface area (Å²) in [5.41, 5.74) is 3.28. The summed E-state index contributed by atoms with van der Waals surface area (Å²) in [5, 5.41) is 15.1. The Kier molecular flexibility index (Phi) is 3.31. The zero-order chi connectivity index (χ0) is 14.9. The van der Waals surface area contributed by atoms with Gasteiger partial charge in [0, 0.05) is 23.5 Å². The van der Waals surface area contributed by atoms with Crippen molar-refractivity contribution in [3.63, 3.8) is 0 Å². The lowest BCUT2D eigenvalue weighted by atomic mass is 10.1. The average molecular weight is 309 g/mol. The molecule has 22 heavy (non-hydrogen) atoms. The van der Waals surface area contributed by atoms with Crippen molar-refractivity contribution in [3.8, 4) is 0 Å². The first-order valence-electron chi connectivity index (χ1n) is 7.16. The Morgan fingerprint density at radius 1 is 1.14 bits per heavy atom. The van der Waals surface area contributed by atoms with E-state index >= 15 is 0 Å². The highest BCUT2D eigenvalue weighted by Crippen LogP contribution is 2.25. The highest BCUT2D eigenvalue weighted by atomic mass is 32.2. The third kappa shape index (κ3) is 2.25. The number of aryl methyl sites for hydroxylation is 2. The molecule has 0 amide bonds. The van der Waals surface area contributed by atoms with Crippen molar-refractivity contribution >= 4 is 28.3 Å². The summed E-state index contributed by atoms with van der Waals surface area (Å²) in [6, 6.07) is 12.4. The maximum Gasteiger partial charge on any atom is 0.196 e. The van der Waals surface area contributed by atoms with Crippen molar-refractivity contribution in [2.45, 2.75) is 18.6 Å². The Morgan fingerprint density at radius 2 is 2.05 bits per heavy atom. The Morgan fingerprint density at radius 3 is 2.91 bits per heavy atom. The molecule has 0 N–H and O–H groups in total. The lowest BCUT2D eigenvalue weighted by Gasteiger charge is -2.07. The molecule has 0 saturated carbocycles. The van der Waals surface area contributed by atoms with Crippen molar-refractivity contribution in [1.82, 2.24) is 24.4 Å². The summed E-state index contributed by atoms with van der Waals surface area (Å²) in [7, 11) is 0. The summed E-state index contributed by atoms with van der Waals surface area (Å²) in [4.78, 5) is 0. The van der Waals surface area contributed by atoms with Gasteiger partial charge < -0.3 is 0 Å². The SMILES string of the molecule is Cc1cc2nnc(SCCn3cccn3)n2c2ccccc12. The number of benzene rings is 1. The fraction of sp³-hybridized carbons (Fsp3) is 0.188. The Bertz CT molecular complexity index is 926. The molecule has 0 radical (unpaired) electrons. The molecule has 0 aliphatic heterocycles. The first kappa shape index (κ1) is 13.3. The van der Waals surface area contributed by atoms with Crippen molar-refractivity contribution in [1.29, 1.82) is 0 Å². The highest BCUT2D eigenvalue weighted by Gasteiger charge is 2.11. The molecule has 0 bridgehead atoms.